The zero-order chi connectivity index (χ0) is 66.6. The highest BCUT2D eigenvalue weighted by Crippen LogP contribution is 2.52. The van der Waals surface area contributed by atoms with Gasteiger partial charge in [0.2, 0.25) is 5.95 Å². The van der Waals surface area contributed by atoms with E-state index in [9.17, 15) is 0 Å². The predicted octanol–water partition coefficient (Wildman–Crippen LogP) is 24.0. The molecule has 0 N–H and O–H groups in total. The minimum Gasteiger partial charge on any atom is -0.308 e. The second-order valence-electron chi connectivity index (χ2n) is 27.9. The summed E-state index contributed by atoms with van der Waals surface area (Å²) in [4.78, 5) is 22.5. The number of rotatable bonds is 5. The van der Waals surface area contributed by atoms with Crippen LogP contribution in [0.3, 0.4) is 0 Å². The molecule has 0 aliphatic rings. The van der Waals surface area contributed by atoms with Crippen molar-refractivity contribution < 1.29 is 0 Å². The minimum absolute atomic E-state index is 0.627. The van der Waals surface area contributed by atoms with Gasteiger partial charge >= 0.3 is 0 Å². The maximum Gasteiger partial charge on any atom is 0.237 e. The topological polar surface area (TPSA) is 75.2 Å². The lowest BCUT2D eigenvalue weighted by molar-refractivity contribution is 0.973. The molecule has 0 radical (unpaired) electrons. The van der Waals surface area contributed by atoms with E-state index in [-0.39, 0.29) is 0 Å². The molecule has 103 heavy (non-hydrogen) atoms. The van der Waals surface area contributed by atoms with Crippen LogP contribution in [0.4, 0.5) is 0 Å². The quantitative estimate of drug-likeness (QED) is 0.172. The van der Waals surface area contributed by atoms with E-state index in [2.05, 4.69) is 332 Å². The van der Waals surface area contributed by atoms with Crippen LogP contribution in [0.25, 0.3) is 236 Å². The molecular formula is C94H51N9. The number of hydrogen-bond acceptors (Lipinski definition) is 4. The Balaban J connectivity index is 0.701. The lowest BCUT2D eigenvalue weighted by atomic mass is 9.93. The summed E-state index contributed by atoms with van der Waals surface area (Å²) in [6.07, 6.45) is 0. The molecule has 0 spiro atoms. The van der Waals surface area contributed by atoms with E-state index in [1.807, 2.05) is 0 Å². The maximum absolute atomic E-state index is 5.85. The van der Waals surface area contributed by atoms with E-state index < -0.39 is 0 Å². The van der Waals surface area contributed by atoms with Crippen LogP contribution in [-0.2, 0) is 0 Å². The third-order valence-corrected chi connectivity index (χ3v) is 22.9. The second-order valence-corrected chi connectivity index (χ2v) is 27.9. The molecule has 9 aromatic heterocycles. The van der Waals surface area contributed by atoms with E-state index in [1.165, 1.54) is 114 Å². The number of hydrogen-bond donors (Lipinski definition) is 0. The van der Waals surface area contributed by atoms with Crippen molar-refractivity contribution in [3.05, 3.63) is 309 Å². The Kier molecular flexibility index (Phi) is 10.2. The number of aromatic nitrogens is 9. The molecule has 9 heteroatoms. The predicted molar refractivity (Wildman–Crippen MR) is 428 cm³/mol. The normalized spacial score (nSPS) is 12.7. The van der Waals surface area contributed by atoms with Gasteiger partial charge in [0.05, 0.1) is 77.2 Å². The van der Waals surface area contributed by atoms with Gasteiger partial charge in [-0.15, -0.1) is 0 Å². The summed E-state index contributed by atoms with van der Waals surface area (Å²) in [6.45, 7) is 0. The molecule has 0 saturated carbocycles. The molecule has 0 fully saturated rings. The van der Waals surface area contributed by atoms with Crippen LogP contribution in [0.2, 0.25) is 0 Å². The monoisotopic (exact) mass is 1310 g/mol. The van der Waals surface area contributed by atoms with E-state index in [1.54, 1.807) is 0 Å². The zero-order valence-electron chi connectivity index (χ0n) is 55.0. The first-order valence-corrected chi connectivity index (χ1v) is 35.3. The van der Waals surface area contributed by atoms with Crippen molar-refractivity contribution in [1.82, 2.24) is 42.4 Å². The highest BCUT2D eigenvalue weighted by molar-refractivity contribution is 6.39. The average Bonchev–Trinajstić information content (AvgIpc) is 1.52. The van der Waals surface area contributed by atoms with Gasteiger partial charge in [-0.25, -0.2) is 15.0 Å². The maximum atomic E-state index is 5.85. The van der Waals surface area contributed by atoms with Crippen molar-refractivity contribution in [2.45, 2.75) is 0 Å². The summed E-state index contributed by atoms with van der Waals surface area (Å²) in [5.41, 5.74) is 18.7. The fourth-order valence-electron chi connectivity index (χ4n) is 18.7. The number of benzene rings is 16. The van der Waals surface area contributed by atoms with Crippen LogP contribution in [0.1, 0.15) is 0 Å². The van der Waals surface area contributed by atoms with Gasteiger partial charge in [-0.2, -0.15) is 4.98 Å². The zero-order valence-corrected chi connectivity index (χ0v) is 55.0. The van der Waals surface area contributed by atoms with Gasteiger partial charge in [-0.1, -0.05) is 206 Å². The number of fused-ring (bicyclic) bond motifs is 30. The van der Waals surface area contributed by atoms with Crippen molar-refractivity contribution in [1.29, 1.82) is 0 Å². The van der Waals surface area contributed by atoms with Gasteiger partial charge in [0.1, 0.15) is 5.82 Å². The number of para-hydroxylation sites is 8. The summed E-state index contributed by atoms with van der Waals surface area (Å²) in [5.74, 6) is 2.97. The molecule has 0 amide bonds. The van der Waals surface area contributed by atoms with E-state index in [4.69, 9.17) is 19.9 Å². The molecule has 25 rings (SSSR count). The fraction of sp³-hybridized carbons (Fsp3) is 0. The first-order chi connectivity index (χ1) is 51.1. The van der Waals surface area contributed by atoms with Gasteiger partial charge in [-0.05, 0) is 147 Å². The van der Waals surface area contributed by atoms with Crippen molar-refractivity contribution in [3.8, 4) is 40.1 Å². The van der Waals surface area contributed by atoms with Crippen LogP contribution in [0, 0.1) is 0 Å². The Labute approximate surface area is 584 Å². The molecular weight excluding hydrogens is 1260 g/mol. The smallest absolute Gasteiger partial charge is 0.237 e. The lowest BCUT2D eigenvalue weighted by Crippen LogP contribution is -2.07. The first kappa shape index (κ1) is 54.0. The highest BCUT2D eigenvalue weighted by atomic mass is 15.2. The van der Waals surface area contributed by atoms with E-state index in [0.717, 1.165) is 110 Å². The van der Waals surface area contributed by atoms with Crippen LogP contribution in [0.5, 0.6) is 0 Å². The van der Waals surface area contributed by atoms with Gasteiger partial charge < -0.3 is 8.80 Å². The third kappa shape index (κ3) is 6.90. The van der Waals surface area contributed by atoms with Gasteiger partial charge in [0.15, 0.2) is 11.6 Å². The molecule has 0 aliphatic heterocycles. The molecule has 25 aromatic rings. The molecule has 9 nitrogen and oxygen atoms in total. The van der Waals surface area contributed by atoms with Crippen molar-refractivity contribution in [2.24, 2.45) is 0 Å². The Bertz CT molecular complexity index is 8090. The van der Waals surface area contributed by atoms with Crippen LogP contribution in [-0.4, -0.2) is 42.4 Å². The standard InChI is InChI=1S/C94H51N9/c1-4-24-58-52(21-1)42-45-81-83(58)71-50-69-62-27-9-17-37-77(62)102(87(69)85-66-31-11-19-39-79(66)99(81)89(71)85)92-64-29-5-13-33-73(64)95-91(97-92)56-48-53-22-2-3-23-57(53)68(49-56)55-41-44-59-54(47-55)43-46-82-84(59)72-51-70-63-28-10-18-38-78(63)103(88(70)86-67-32-12-20-40-80(67)100(82)90(72)86)93-65-30-6-14-34-74(65)96-94(98-93)101-75-35-15-7-25-60(75)61-26-8-16-36-76(61)101/h1-51H. The summed E-state index contributed by atoms with van der Waals surface area (Å²) in [7, 11) is 0. The molecule has 472 valence electrons. The van der Waals surface area contributed by atoms with Crippen molar-refractivity contribution in [3.63, 3.8) is 0 Å². The van der Waals surface area contributed by atoms with E-state index in [0.29, 0.717) is 11.8 Å². The Morgan fingerprint density at radius 2 is 0.612 bits per heavy atom. The second kappa shape index (κ2) is 19.5. The molecule has 0 unspecified atom stereocenters. The van der Waals surface area contributed by atoms with Crippen LogP contribution >= 0.6 is 0 Å². The van der Waals surface area contributed by atoms with Crippen LogP contribution in [0.15, 0.2) is 309 Å². The molecule has 0 saturated heterocycles. The number of nitrogens with zero attached hydrogens (tertiary/aromatic N) is 9. The fourth-order valence-corrected chi connectivity index (χ4v) is 18.7. The van der Waals surface area contributed by atoms with E-state index >= 15 is 0 Å². The van der Waals surface area contributed by atoms with Crippen molar-refractivity contribution >= 4 is 196 Å². The Morgan fingerprint density at radius 1 is 0.204 bits per heavy atom. The average molecular weight is 1310 g/mol. The summed E-state index contributed by atoms with van der Waals surface area (Å²) < 4.78 is 12.2. The third-order valence-electron chi connectivity index (χ3n) is 22.9. The summed E-state index contributed by atoms with van der Waals surface area (Å²) in [5, 5.41) is 25.9. The molecule has 16 aromatic carbocycles. The highest BCUT2D eigenvalue weighted by Gasteiger charge is 2.30. The Hall–Kier alpha value is -14.0. The Morgan fingerprint density at radius 3 is 1.18 bits per heavy atom. The lowest BCUT2D eigenvalue weighted by Gasteiger charge is -2.15. The van der Waals surface area contributed by atoms with Crippen molar-refractivity contribution in [2.75, 3.05) is 0 Å². The SMILES string of the molecule is c1ccc2c(-c3ccc4c(ccc5c4c4cc6c7ccccc7n(-c7nc(-n8c9ccccc9c9ccccc98)nc8ccccc78)c6c6c7ccccc7n5c46)c3)cc(-c3nc(-n4c5ccccc5c5cc6c7c8ccccc8ccc7n7c8ccccc8c(c54)c67)c4ccccc4n3)cc2c1. The minimum atomic E-state index is 0.627. The largest absolute Gasteiger partial charge is 0.308 e. The van der Waals surface area contributed by atoms with Gasteiger partial charge in [0.25, 0.3) is 0 Å². The molecule has 0 bridgehead atoms. The molecule has 0 atom stereocenters. The molecule has 9 heterocycles. The first-order valence-electron chi connectivity index (χ1n) is 35.3. The summed E-state index contributed by atoms with van der Waals surface area (Å²) >= 11 is 0. The molecule has 0 aliphatic carbocycles. The summed E-state index contributed by atoms with van der Waals surface area (Å²) in [6, 6.07) is 113. The van der Waals surface area contributed by atoms with Gasteiger partial charge in [0, 0.05) is 91.7 Å². The van der Waals surface area contributed by atoms with Crippen LogP contribution < -0.4 is 0 Å². The van der Waals surface area contributed by atoms with Gasteiger partial charge in [-0.3, -0.25) is 13.7 Å².